The van der Waals surface area contributed by atoms with Gasteiger partial charge in [-0.15, -0.1) is 0 Å². The minimum atomic E-state index is 0.319. The Morgan fingerprint density at radius 1 is 1.13 bits per heavy atom. The average Bonchev–Trinajstić information content (AvgIpc) is 3.03. The highest BCUT2D eigenvalue weighted by molar-refractivity contribution is 7.22. The van der Waals surface area contributed by atoms with Crippen molar-refractivity contribution < 1.29 is 5.11 Å². The van der Waals surface area contributed by atoms with E-state index in [1.54, 1.807) is 18.6 Å². The number of aryl methyl sites for hydroxylation is 1. The number of hydrogen-bond donors (Lipinski definition) is 1. The Balaban J connectivity index is 1.89. The molecule has 23 heavy (non-hydrogen) atoms. The van der Waals surface area contributed by atoms with Gasteiger partial charge in [0.15, 0.2) is 0 Å². The number of fused-ring (bicyclic) bond motifs is 3. The molecule has 0 aliphatic rings. The predicted octanol–water partition coefficient (Wildman–Crippen LogP) is 4.61. The first-order valence-corrected chi connectivity index (χ1v) is 8.00. The largest absolute Gasteiger partial charge is 0.507 e. The van der Waals surface area contributed by atoms with Crippen LogP contribution in [-0.4, -0.2) is 21.3 Å². The Morgan fingerprint density at radius 2 is 1.96 bits per heavy atom. The van der Waals surface area contributed by atoms with Crippen molar-refractivity contribution >= 4 is 43.7 Å². The zero-order valence-corrected chi connectivity index (χ0v) is 13.2. The predicted molar refractivity (Wildman–Crippen MR) is 95.0 cm³/mol. The molecule has 4 nitrogen and oxygen atoms in total. The molecule has 4 aromatic rings. The summed E-state index contributed by atoms with van der Waals surface area (Å²) in [5.41, 5.74) is 2.66. The van der Waals surface area contributed by atoms with Crippen LogP contribution in [0.1, 0.15) is 11.1 Å². The molecule has 0 atom stereocenters. The maximum absolute atomic E-state index is 10.4. The van der Waals surface area contributed by atoms with Crippen LogP contribution in [0.2, 0.25) is 0 Å². The Bertz CT molecular complexity index is 1040. The summed E-state index contributed by atoms with van der Waals surface area (Å²) >= 11 is 1.48. The summed E-state index contributed by atoms with van der Waals surface area (Å²) < 4.78 is 0.972. The lowest BCUT2D eigenvalue weighted by Crippen LogP contribution is -1.82. The standard InChI is InChI=1S/C18H13N3OS/c1-11-16(22)14-7-3-2-6-13(14)15-17(11)23-18(21-15)20-10-12-5-4-8-19-9-12/h2-10,22H,1H3/b20-10+. The van der Waals surface area contributed by atoms with Crippen LogP contribution in [0.5, 0.6) is 5.75 Å². The van der Waals surface area contributed by atoms with E-state index in [-0.39, 0.29) is 0 Å². The summed E-state index contributed by atoms with van der Waals surface area (Å²) in [4.78, 5) is 13.2. The van der Waals surface area contributed by atoms with E-state index in [9.17, 15) is 5.11 Å². The van der Waals surface area contributed by atoms with Gasteiger partial charge in [-0.3, -0.25) is 4.98 Å². The lowest BCUT2D eigenvalue weighted by Gasteiger charge is -2.05. The van der Waals surface area contributed by atoms with Crippen molar-refractivity contribution in [3.05, 3.63) is 59.9 Å². The Hall–Kier alpha value is -2.79. The number of hydrogen-bond acceptors (Lipinski definition) is 5. The van der Waals surface area contributed by atoms with Gasteiger partial charge < -0.3 is 5.11 Å². The lowest BCUT2D eigenvalue weighted by molar-refractivity contribution is 0.478. The molecule has 0 saturated heterocycles. The molecule has 0 bridgehead atoms. The van der Waals surface area contributed by atoms with E-state index in [2.05, 4.69) is 15.0 Å². The highest BCUT2D eigenvalue weighted by Gasteiger charge is 2.14. The topological polar surface area (TPSA) is 58.4 Å². The molecule has 0 amide bonds. The van der Waals surface area contributed by atoms with Crippen LogP contribution < -0.4 is 0 Å². The lowest BCUT2D eigenvalue weighted by atomic mass is 10.0. The van der Waals surface area contributed by atoms with Crippen LogP contribution in [0.15, 0.2) is 53.8 Å². The van der Waals surface area contributed by atoms with Gasteiger partial charge in [-0.05, 0) is 13.0 Å². The summed E-state index contributed by atoms with van der Waals surface area (Å²) in [6.07, 6.45) is 5.23. The monoisotopic (exact) mass is 319 g/mol. The Kier molecular flexibility index (Phi) is 3.28. The normalized spacial score (nSPS) is 11.7. The minimum absolute atomic E-state index is 0.319. The van der Waals surface area contributed by atoms with E-state index in [0.29, 0.717) is 10.9 Å². The van der Waals surface area contributed by atoms with Crippen molar-refractivity contribution in [1.82, 2.24) is 9.97 Å². The number of phenolic OH excluding ortho intramolecular Hbond substituents is 1. The summed E-state index contributed by atoms with van der Waals surface area (Å²) in [6, 6.07) is 11.6. The summed E-state index contributed by atoms with van der Waals surface area (Å²) in [7, 11) is 0. The van der Waals surface area contributed by atoms with E-state index < -0.39 is 0 Å². The number of nitrogens with zero attached hydrogens (tertiary/aromatic N) is 3. The highest BCUT2D eigenvalue weighted by Crippen LogP contribution is 2.41. The maximum Gasteiger partial charge on any atom is 0.210 e. The van der Waals surface area contributed by atoms with Gasteiger partial charge in [0.25, 0.3) is 0 Å². The molecule has 0 aliphatic heterocycles. The molecule has 0 aliphatic carbocycles. The third kappa shape index (κ3) is 2.35. The Labute approximate surface area is 136 Å². The van der Waals surface area contributed by atoms with Crippen molar-refractivity contribution in [2.75, 3.05) is 0 Å². The van der Waals surface area contributed by atoms with E-state index in [1.807, 2.05) is 43.3 Å². The summed E-state index contributed by atoms with van der Waals surface area (Å²) in [5, 5.41) is 12.8. The highest BCUT2D eigenvalue weighted by atomic mass is 32.1. The molecule has 0 saturated carbocycles. The molecule has 112 valence electrons. The molecule has 4 rings (SSSR count). The van der Waals surface area contributed by atoms with Crippen molar-refractivity contribution in [3.63, 3.8) is 0 Å². The fourth-order valence-electron chi connectivity index (χ4n) is 2.59. The number of pyridine rings is 1. The fraction of sp³-hybridized carbons (Fsp3) is 0.0556. The van der Waals surface area contributed by atoms with Gasteiger partial charge in [0.2, 0.25) is 5.13 Å². The fourth-order valence-corrected chi connectivity index (χ4v) is 3.52. The van der Waals surface area contributed by atoms with Crippen molar-refractivity contribution in [2.45, 2.75) is 6.92 Å². The molecule has 0 spiro atoms. The molecule has 2 heterocycles. The third-order valence-electron chi connectivity index (χ3n) is 3.76. The SMILES string of the molecule is Cc1c(O)c2ccccc2c2nc(/N=C/c3cccnc3)sc12. The van der Waals surface area contributed by atoms with Crippen molar-refractivity contribution in [2.24, 2.45) is 4.99 Å². The van der Waals surface area contributed by atoms with Gasteiger partial charge in [0.05, 0.1) is 10.2 Å². The van der Waals surface area contributed by atoms with Gasteiger partial charge >= 0.3 is 0 Å². The maximum atomic E-state index is 10.4. The molecular weight excluding hydrogens is 306 g/mol. The molecule has 2 aromatic carbocycles. The van der Waals surface area contributed by atoms with Gasteiger partial charge in [0.1, 0.15) is 5.75 Å². The van der Waals surface area contributed by atoms with Crippen molar-refractivity contribution in [3.8, 4) is 5.75 Å². The van der Waals surface area contributed by atoms with E-state index in [1.165, 1.54) is 11.3 Å². The molecular formula is C18H13N3OS. The number of benzene rings is 2. The third-order valence-corrected chi connectivity index (χ3v) is 4.84. The second-order valence-corrected chi connectivity index (χ2v) is 6.22. The van der Waals surface area contributed by atoms with Crippen LogP contribution in [0, 0.1) is 6.92 Å². The molecule has 1 N–H and O–H groups in total. The van der Waals surface area contributed by atoms with E-state index in [0.717, 1.165) is 32.1 Å². The number of aliphatic imine (C=N–C) groups is 1. The smallest absolute Gasteiger partial charge is 0.210 e. The van der Waals surface area contributed by atoms with E-state index >= 15 is 0 Å². The molecule has 0 unspecified atom stereocenters. The Morgan fingerprint density at radius 3 is 2.74 bits per heavy atom. The first-order chi connectivity index (χ1) is 11.2. The molecule has 0 fully saturated rings. The van der Waals surface area contributed by atoms with Gasteiger partial charge in [-0.2, -0.15) is 0 Å². The zero-order valence-electron chi connectivity index (χ0n) is 12.4. The van der Waals surface area contributed by atoms with Gasteiger partial charge in [-0.25, -0.2) is 9.98 Å². The first kappa shape index (κ1) is 13.8. The van der Waals surface area contributed by atoms with Gasteiger partial charge in [-0.1, -0.05) is 41.7 Å². The minimum Gasteiger partial charge on any atom is -0.507 e. The zero-order chi connectivity index (χ0) is 15.8. The summed E-state index contributed by atoms with van der Waals surface area (Å²) in [5.74, 6) is 0.319. The number of rotatable bonds is 2. The molecule has 0 radical (unpaired) electrons. The van der Waals surface area contributed by atoms with Crippen LogP contribution in [0.3, 0.4) is 0 Å². The first-order valence-electron chi connectivity index (χ1n) is 7.19. The summed E-state index contributed by atoms with van der Waals surface area (Å²) in [6.45, 7) is 1.91. The molecule has 5 heteroatoms. The number of phenols is 1. The van der Waals surface area contributed by atoms with Crippen LogP contribution in [-0.2, 0) is 0 Å². The second kappa shape index (κ2) is 5.44. The van der Waals surface area contributed by atoms with Crippen LogP contribution in [0.25, 0.3) is 21.0 Å². The quantitative estimate of drug-likeness (QED) is 0.549. The van der Waals surface area contributed by atoms with Crippen molar-refractivity contribution in [1.29, 1.82) is 0 Å². The van der Waals surface area contributed by atoms with Crippen LogP contribution in [0.4, 0.5) is 5.13 Å². The second-order valence-electron chi connectivity index (χ2n) is 5.24. The van der Waals surface area contributed by atoms with Gasteiger partial charge in [0, 0.05) is 40.5 Å². The number of aromatic hydroxyl groups is 1. The van der Waals surface area contributed by atoms with E-state index in [4.69, 9.17) is 0 Å². The average molecular weight is 319 g/mol. The molecule has 2 aromatic heterocycles. The number of thiazole rings is 1. The number of aromatic nitrogens is 2. The van der Waals surface area contributed by atoms with Crippen LogP contribution >= 0.6 is 11.3 Å².